The summed E-state index contributed by atoms with van der Waals surface area (Å²) in [6, 6.07) is 17.6. The van der Waals surface area contributed by atoms with Crippen LogP contribution in [0.5, 0.6) is 0 Å². The van der Waals surface area contributed by atoms with Gasteiger partial charge < -0.3 is 24.8 Å². The number of methoxy groups -OCH3 is 1. The summed E-state index contributed by atoms with van der Waals surface area (Å²) in [6.45, 7) is 5.22. The average molecular weight is 632 g/mol. The lowest BCUT2D eigenvalue weighted by molar-refractivity contribution is -0.152. The molecule has 0 radical (unpaired) electrons. The van der Waals surface area contributed by atoms with Crippen molar-refractivity contribution < 1.29 is 33.4 Å². The molecule has 45 heavy (non-hydrogen) atoms. The molecule has 0 bridgehead atoms. The number of fused-ring (bicyclic) bond motifs is 1. The number of carbonyl (C=O) groups is 4. The normalized spacial score (nSPS) is 20.0. The number of ether oxygens (including phenoxy) is 3. The number of thioether (sulfide) groups is 1. The van der Waals surface area contributed by atoms with Gasteiger partial charge in [-0.25, -0.2) is 9.59 Å². The third-order valence-corrected chi connectivity index (χ3v) is 8.65. The Kier molecular flexibility index (Phi) is 9.67. The van der Waals surface area contributed by atoms with Gasteiger partial charge in [0.25, 0.3) is 0 Å². The lowest BCUT2D eigenvalue weighted by Crippen LogP contribution is -2.59. The third-order valence-electron chi connectivity index (χ3n) is 7.36. The molecule has 2 aliphatic heterocycles. The van der Waals surface area contributed by atoms with Gasteiger partial charge in [-0.2, -0.15) is 0 Å². The standard InChI is InChI=1S/C34H37N3O7S/c1-34(2,3)44-33(41)35-26(21-14-8-5-9-15-21)30(39)36-31-29(42-4)27(37-24(38)20-25(37)45-31)32(40)43-28(22-16-10-6-11-17-22)23-18-12-7-13-19-23/h5-8,10-13,15-19,25-26,28,31H,9,14,20H2,1-4H3,(H,35,41)(H,36,39)/t25-,26?,31?/m1/s1. The predicted molar refractivity (Wildman–Crippen MR) is 169 cm³/mol. The molecule has 2 unspecified atom stereocenters. The number of alkyl carbamates (subject to hydrolysis) is 1. The molecule has 2 heterocycles. The largest absolute Gasteiger partial charge is 0.495 e. The van der Waals surface area contributed by atoms with Gasteiger partial charge in [0.2, 0.25) is 11.8 Å². The van der Waals surface area contributed by atoms with Crippen LogP contribution in [-0.4, -0.2) is 58.3 Å². The first-order valence-corrected chi connectivity index (χ1v) is 15.7. The number of carbonyl (C=O) groups excluding carboxylic acids is 4. The minimum absolute atomic E-state index is 0.0591. The van der Waals surface area contributed by atoms with E-state index in [-0.39, 0.29) is 23.8 Å². The number of hydrogen-bond acceptors (Lipinski definition) is 8. The molecule has 236 valence electrons. The van der Waals surface area contributed by atoms with Gasteiger partial charge in [0, 0.05) is 0 Å². The molecule has 2 aromatic carbocycles. The fourth-order valence-corrected chi connectivity index (χ4v) is 6.71. The van der Waals surface area contributed by atoms with Crippen molar-refractivity contribution in [3.8, 4) is 0 Å². The molecule has 1 saturated heterocycles. The highest BCUT2D eigenvalue weighted by molar-refractivity contribution is 8.00. The van der Waals surface area contributed by atoms with Gasteiger partial charge in [0.15, 0.2) is 17.6 Å². The summed E-state index contributed by atoms with van der Waals surface area (Å²) >= 11 is 1.28. The van der Waals surface area contributed by atoms with Crippen molar-refractivity contribution in [1.82, 2.24) is 15.5 Å². The number of nitrogens with zero attached hydrogens (tertiary/aromatic N) is 1. The zero-order valence-corrected chi connectivity index (χ0v) is 26.5. The van der Waals surface area contributed by atoms with E-state index in [9.17, 15) is 19.2 Å². The van der Waals surface area contributed by atoms with Crippen LogP contribution in [0.15, 0.2) is 95.9 Å². The Bertz CT molecular complexity index is 1490. The van der Waals surface area contributed by atoms with Crippen LogP contribution in [0, 0.1) is 0 Å². The topological polar surface area (TPSA) is 123 Å². The molecule has 3 atom stereocenters. The van der Waals surface area contributed by atoms with Crippen molar-refractivity contribution in [2.24, 2.45) is 0 Å². The molecule has 2 aromatic rings. The maximum Gasteiger partial charge on any atom is 0.408 e. The van der Waals surface area contributed by atoms with Gasteiger partial charge in [-0.15, -0.1) is 11.8 Å². The Hall–Kier alpha value is -4.51. The van der Waals surface area contributed by atoms with Crippen molar-refractivity contribution in [1.29, 1.82) is 0 Å². The second kappa shape index (κ2) is 13.6. The monoisotopic (exact) mass is 631 g/mol. The molecule has 3 amide bonds. The summed E-state index contributed by atoms with van der Waals surface area (Å²) in [4.78, 5) is 54.7. The van der Waals surface area contributed by atoms with Gasteiger partial charge >= 0.3 is 12.1 Å². The second-order valence-corrected chi connectivity index (χ2v) is 13.0. The number of hydrogen-bond donors (Lipinski definition) is 2. The average Bonchev–Trinajstić information content (AvgIpc) is 3.02. The van der Waals surface area contributed by atoms with Crippen molar-refractivity contribution in [2.45, 2.75) is 68.5 Å². The first kappa shape index (κ1) is 31.9. The number of rotatable bonds is 9. The zero-order chi connectivity index (χ0) is 32.1. The van der Waals surface area contributed by atoms with E-state index in [4.69, 9.17) is 14.2 Å². The summed E-state index contributed by atoms with van der Waals surface area (Å²) in [5, 5.41) is 4.40. The van der Waals surface area contributed by atoms with Gasteiger partial charge in [-0.3, -0.25) is 14.5 Å². The van der Waals surface area contributed by atoms with Crippen LogP contribution >= 0.6 is 11.8 Å². The van der Waals surface area contributed by atoms with Crippen molar-refractivity contribution in [2.75, 3.05) is 7.11 Å². The van der Waals surface area contributed by atoms with Crippen LogP contribution in [0.2, 0.25) is 0 Å². The van der Waals surface area contributed by atoms with Crippen LogP contribution in [0.25, 0.3) is 0 Å². The molecule has 0 spiro atoms. The van der Waals surface area contributed by atoms with Gasteiger partial charge in [-0.1, -0.05) is 78.9 Å². The van der Waals surface area contributed by atoms with E-state index in [1.807, 2.05) is 78.9 Å². The highest BCUT2D eigenvalue weighted by atomic mass is 32.2. The van der Waals surface area contributed by atoms with Crippen LogP contribution in [0.1, 0.15) is 57.3 Å². The fraction of sp³-hybridized carbons (Fsp3) is 0.353. The van der Waals surface area contributed by atoms with Crippen molar-refractivity contribution >= 4 is 35.6 Å². The Morgan fingerprint density at radius 1 is 0.978 bits per heavy atom. The van der Waals surface area contributed by atoms with Crippen LogP contribution in [-0.2, 0) is 28.6 Å². The lowest BCUT2D eigenvalue weighted by atomic mass is 9.98. The highest BCUT2D eigenvalue weighted by Crippen LogP contribution is 2.44. The summed E-state index contributed by atoms with van der Waals surface area (Å²) in [7, 11) is 1.38. The lowest BCUT2D eigenvalue weighted by Gasteiger charge is -2.46. The minimum atomic E-state index is -1.03. The van der Waals surface area contributed by atoms with Gasteiger partial charge in [0.1, 0.15) is 17.0 Å². The Labute approximate surface area is 266 Å². The van der Waals surface area contributed by atoms with E-state index in [1.54, 1.807) is 20.8 Å². The quantitative estimate of drug-likeness (QED) is 0.223. The summed E-state index contributed by atoms with van der Waals surface area (Å²) in [5.41, 5.74) is 1.40. The minimum Gasteiger partial charge on any atom is -0.495 e. The molecule has 11 heteroatoms. The smallest absolute Gasteiger partial charge is 0.408 e. The molecular formula is C34H37N3O7S. The van der Waals surface area contributed by atoms with E-state index >= 15 is 0 Å². The SMILES string of the molecule is COC1=C(C(=O)OC(c2ccccc2)c2ccccc2)N2C(=O)C[C@H]2SC1NC(=O)C(NC(=O)OC(C)(C)C)C1=CCC=CC1. The molecule has 1 aliphatic carbocycles. The van der Waals surface area contributed by atoms with Crippen molar-refractivity contribution in [3.05, 3.63) is 107 Å². The van der Waals surface area contributed by atoms with Crippen LogP contribution < -0.4 is 10.6 Å². The summed E-state index contributed by atoms with van der Waals surface area (Å²) in [5.74, 6) is -1.44. The second-order valence-electron chi connectivity index (χ2n) is 11.7. The number of nitrogens with one attached hydrogen (secondary N) is 2. The molecule has 10 nitrogen and oxygen atoms in total. The Morgan fingerprint density at radius 2 is 1.62 bits per heavy atom. The number of allylic oxidation sites excluding steroid dienone is 3. The Balaban J connectivity index is 1.44. The van der Waals surface area contributed by atoms with Gasteiger partial charge in [-0.05, 0) is 50.3 Å². The van der Waals surface area contributed by atoms with E-state index in [1.165, 1.54) is 23.8 Å². The summed E-state index contributed by atoms with van der Waals surface area (Å²) in [6.07, 6.45) is 5.60. The molecule has 0 aromatic heterocycles. The number of β-lactam (4-membered cyclic amide) rings is 1. The van der Waals surface area contributed by atoms with E-state index in [0.717, 1.165) is 11.1 Å². The number of benzene rings is 2. The molecule has 2 N–H and O–H groups in total. The zero-order valence-electron chi connectivity index (χ0n) is 25.6. The number of amides is 3. The highest BCUT2D eigenvalue weighted by Gasteiger charge is 2.51. The predicted octanol–water partition coefficient (Wildman–Crippen LogP) is 5.09. The van der Waals surface area contributed by atoms with Crippen LogP contribution in [0.3, 0.4) is 0 Å². The third kappa shape index (κ3) is 7.42. The fourth-order valence-electron chi connectivity index (χ4n) is 5.29. The molecule has 3 aliphatic rings. The van der Waals surface area contributed by atoms with E-state index in [2.05, 4.69) is 10.6 Å². The first-order chi connectivity index (χ1) is 21.6. The summed E-state index contributed by atoms with van der Waals surface area (Å²) < 4.78 is 17.3. The van der Waals surface area contributed by atoms with E-state index < -0.39 is 46.5 Å². The maximum absolute atomic E-state index is 14.0. The maximum atomic E-state index is 14.0. The molecule has 5 rings (SSSR count). The van der Waals surface area contributed by atoms with Gasteiger partial charge in [0.05, 0.1) is 18.9 Å². The van der Waals surface area contributed by atoms with E-state index in [0.29, 0.717) is 18.4 Å². The number of esters is 1. The molecular weight excluding hydrogens is 594 g/mol. The molecule has 0 saturated carbocycles. The van der Waals surface area contributed by atoms with Crippen LogP contribution in [0.4, 0.5) is 4.79 Å². The Morgan fingerprint density at radius 3 is 2.16 bits per heavy atom. The first-order valence-electron chi connectivity index (χ1n) is 14.8. The molecule has 1 fully saturated rings. The van der Waals surface area contributed by atoms with Crippen molar-refractivity contribution in [3.63, 3.8) is 0 Å².